The molecule has 2 aromatic carbocycles. The standard InChI is InChI=1S/C17H17ClN2O4S2/c18-14-3-1-13(2-4-14)17-9-10-20(19-17)15-5-7-16(8-6-15)26(23,24)12-11-25(21)22/h1-8H,9-12H2,(H,21,22)/p-1. The number of halogens is 1. The third-order valence-corrected chi connectivity index (χ3v) is 6.77. The average Bonchev–Trinajstić information content (AvgIpc) is 3.11. The van der Waals surface area contributed by atoms with Gasteiger partial charge < -0.3 is 4.55 Å². The molecule has 1 heterocycles. The molecule has 2 aromatic rings. The lowest BCUT2D eigenvalue weighted by Crippen LogP contribution is -2.14. The first-order valence-corrected chi connectivity index (χ1v) is 11.1. The smallest absolute Gasteiger partial charge is 0.179 e. The number of rotatable bonds is 6. The molecule has 0 aliphatic carbocycles. The number of sulfone groups is 1. The second kappa shape index (κ2) is 7.87. The van der Waals surface area contributed by atoms with E-state index < -0.39 is 32.4 Å². The van der Waals surface area contributed by atoms with Gasteiger partial charge in [-0.05, 0) is 42.0 Å². The van der Waals surface area contributed by atoms with E-state index in [1.54, 1.807) is 12.1 Å². The van der Waals surface area contributed by atoms with E-state index in [9.17, 15) is 17.2 Å². The molecule has 1 aliphatic heterocycles. The summed E-state index contributed by atoms with van der Waals surface area (Å²) in [7, 11) is -3.61. The zero-order valence-corrected chi connectivity index (χ0v) is 16.1. The summed E-state index contributed by atoms with van der Waals surface area (Å²) in [5.41, 5.74) is 2.72. The molecule has 3 rings (SSSR count). The van der Waals surface area contributed by atoms with Crippen LogP contribution in [0.15, 0.2) is 58.5 Å². The predicted molar refractivity (Wildman–Crippen MR) is 102 cm³/mol. The van der Waals surface area contributed by atoms with Crippen LogP contribution in [0.3, 0.4) is 0 Å². The second-order valence-corrected chi connectivity index (χ2v) is 9.31. The van der Waals surface area contributed by atoms with E-state index >= 15 is 0 Å². The first kappa shape index (κ1) is 19.0. The Morgan fingerprint density at radius 3 is 2.38 bits per heavy atom. The van der Waals surface area contributed by atoms with Crippen LogP contribution in [-0.4, -0.2) is 40.9 Å². The molecule has 1 atom stereocenters. The lowest BCUT2D eigenvalue weighted by molar-refractivity contribution is 0.537. The largest absolute Gasteiger partial charge is 0.772 e. The van der Waals surface area contributed by atoms with E-state index in [1.807, 2.05) is 29.3 Å². The van der Waals surface area contributed by atoms with Crippen molar-refractivity contribution in [1.29, 1.82) is 0 Å². The van der Waals surface area contributed by atoms with Crippen molar-refractivity contribution < 1.29 is 17.2 Å². The average molecular weight is 412 g/mol. The fourth-order valence-corrected chi connectivity index (χ4v) is 4.94. The molecule has 138 valence electrons. The lowest BCUT2D eigenvalue weighted by atomic mass is 10.1. The van der Waals surface area contributed by atoms with Gasteiger partial charge in [-0.2, -0.15) is 5.10 Å². The van der Waals surface area contributed by atoms with Gasteiger partial charge in [0.2, 0.25) is 0 Å². The third-order valence-electron chi connectivity index (χ3n) is 3.99. The van der Waals surface area contributed by atoms with Crippen molar-refractivity contribution in [3.05, 3.63) is 59.1 Å². The van der Waals surface area contributed by atoms with Crippen molar-refractivity contribution in [3.8, 4) is 0 Å². The minimum absolute atomic E-state index is 0.104. The van der Waals surface area contributed by atoms with Gasteiger partial charge in [-0.1, -0.05) is 34.8 Å². The van der Waals surface area contributed by atoms with Gasteiger partial charge >= 0.3 is 0 Å². The van der Waals surface area contributed by atoms with Crippen LogP contribution in [0, 0.1) is 0 Å². The Bertz CT molecular complexity index is 942. The minimum atomic E-state index is -3.61. The van der Waals surface area contributed by atoms with Crippen molar-refractivity contribution >= 4 is 43.9 Å². The van der Waals surface area contributed by atoms with E-state index in [1.165, 1.54) is 12.1 Å². The molecule has 0 fully saturated rings. The van der Waals surface area contributed by atoms with E-state index in [4.69, 9.17) is 11.6 Å². The van der Waals surface area contributed by atoms with Gasteiger partial charge in [-0.3, -0.25) is 9.22 Å². The SMILES string of the molecule is O=S([O-])CCS(=O)(=O)c1ccc(N2CCC(c3ccc(Cl)cc3)=N2)cc1. The normalized spacial score (nSPS) is 15.8. The van der Waals surface area contributed by atoms with Gasteiger partial charge in [-0.15, -0.1) is 0 Å². The van der Waals surface area contributed by atoms with Crippen LogP contribution in [-0.2, 0) is 20.9 Å². The maximum atomic E-state index is 12.1. The third kappa shape index (κ3) is 4.50. The summed E-state index contributed by atoms with van der Waals surface area (Å²) < 4.78 is 45.4. The maximum absolute atomic E-state index is 12.1. The molecular weight excluding hydrogens is 396 g/mol. The van der Waals surface area contributed by atoms with Crippen LogP contribution < -0.4 is 5.01 Å². The monoisotopic (exact) mass is 411 g/mol. The molecular formula is C17H16ClN2O4S2-. The topological polar surface area (TPSA) is 89.9 Å². The van der Waals surface area contributed by atoms with Gasteiger partial charge in [0.25, 0.3) is 0 Å². The van der Waals surface area contributed by atoms with Gasteiger partial charge in [0, 0.05) is 23.7 Å². The molecule has 1 aliphatic rings. The van der Waals surface area contributed by atoms with Crippen LogP contribution in [0.2, 0.25) is 5.02 Å². The zero-order chi connectivity index (χ0) is 18.7. The molecule has 0 saturated heterocycles. The van der Waals surface area contributed by atoms with Crippen molar-refractivity contribution in [2.24, 2.45) is 5.10 Å². The van der Waals surface area contributed by atoms with Crippen molar-refractivity contribution in [3.63, 3.8) is 0 Å². The van der Waals surface area contributed by atoms with Gasteiger partial charge in [-0.25, -0.2) is 8.42 Å². The Kier molecular flexibility index (Phi) is 5.76. The molecule has 9 heteroatoms. The Morgan fingerprint density at radius 2 is 1.77 bits per heavy atom. The van der Waals surface area contributed by atoms with Crippen LogP contribution in [0.1, 0.15) is 12.0 Å². The summed E-state index contributed by atoms with van der Waals surface area (Å²) in [6, 6.07) is 13.8. The highest BCUT2D eigenvalue weighted by Crippen LogP contribution is 2.24. The number of hydrogen-bond acceptors (Lipinski definition) is 6. The predicted octanol–water partition coefficient (Wildman–Crippen LogP) is 2.61. The lowest BCUT2D eigenvalue weighted by Gasteiger charge is -2.14. The number of nitrogens with zero attached hydrogens (tertiary/aromatic N) is 2. The number of hydrazone groups is 1. The fraction of sp³-hybridized carbons (Fsp3) is 0.235. The summed E-state index contributed by atoms with van der Waals surface area (Å²) >= 11 is 3.52. The summed E-state index contributed by atoms with van der Waals surface area (Å²) in [5, 5.41) is 7.07. The first-order chi connectivity index (χ1) is 12.3. The Hall–Kier alpha value is -1.74. The summed E-state index contributed by atoms with van der Waals surface area (Å²) in [5.74, 6) is -0.837. The van der Waals surface area contributed by atoms with Gasteiger partial charge in [0.1, 0.15) is 0 Å². The van der Waals surface area contributed by atoms with Crippen molar-refractivity contribution in [1.82, 2.24) is 0 Å². The highest BCUT2D eigenvalue weighted by Gasteiger charge is 2.19. The van der Waals surface area contributed by atoms with Crippen LogP contribution in [0.25, 0.3) is 0 Å². The van der Waals surface area contributed by atoms with Crippen LogP contribution in [0.5, 0.6) is 0 Å². The highest BCUT2D eigenvalue weighted by molar-refractivity contribution is 7.92. The summed E-state index contributed by atoms with van der Waals surface area (Å²) in [6.07, 6.45) is 0.775. The van der Waals surface area contributed by atoms with Crippen LogP contribution in [0.4, 0.5) is 5.69 Å². The Labute approximate surface area is 159 Å². The number of hydrogen-bond donors (Lipinski definition) is 0. The molecule has 0 saturated carbocycles. The van der Waals surface area contributed by atoms with Crippen molar-refractivity contribution in [2.75, 3.05) is 23.1 Å². The Morgan fingerprint density at radius 1 is 1.12 bits per heavy atom. The van der Waals surface area contributed by atoms with Crippen LogP contribution >= 0.6 is 11.6 Å². The van der Waals surface area contributed by atoms with E-state index in [0.29, 0.717) is 11.6 Å². The molecule has 0 spiro atoms. The molecule has 0 bridgehead atoms. The molecule has 6 nitrogen and oxygen atoms in total. The van der Waals surface area contributed by atoms with E-state index in [0.717, 1.165) is 23.4 Å². The maximum Gasteiger partial charge on any atom is 0.179 e. The number of anilines is 1. The highest BCUT2D eigenvalue weighted by atomic mass is 35.5. The fourth-order valence-electron chi connectivity index (χ4n) is 2.61. The van der Waals surface area contributed by atoms with E-state index in [-0.39, 0.29) is 4.90 Å². The molecule has 0 aromatic heterocycles. The van der Waals surface area contributed by atoms with Crippen molar-refractivity contribution in [2.45, 2.75) is 11.3 Å². The molecule has 0 N–H and O–H groups in total. The first-order valence-electron chi connectivity index (χ1n) is 7.85. The quantitative estimate of drug-likeness (QED) is 0.681. The molecule has 0 radical (unpaired) electrons. The van der Waals surface area contributed by atoms with E-state index in [2.05, 4.69) is 5.10 Å². The second-order valence-electron chi connectivity index (χ2n) is 5.75. The Balaban J connectivity index is 1.75. The van der Waals surface area contributed by atoms with Gasteiger partial charge in [0.15, 0.2) is 9.84 Å². The molecule has 1 unspecified atom stereocenters. The van der Waals surface area contributed by atoms with Gasteiger partial charge in [0.05, 0.1) is 22.0 Å². The molecule has 0 amide bonds. The summed E-state index contributed by atoms with van der Waals surface area (Å²) in [4.78, 5) is 0.104. The minimum Gasteiger partial charge on any atom is -0.772 e. The zero-order valence-electron chi connectivity index (χ0n) is 13.7. The molecule has 26 heavy (non-hydrogen) atoms. The summed E-state index contributed by atoms with van der Waals surface area (Å²) in [6.45, 7) is 0.694. The number of benzene rings is 2.